The van der Waals surface area contributed by atoms with Crippen LogP contribution in [0.1, 0.15) is 40.4 Å². The number of nitrogens with zero attached hydrogens (tertiary/aromatic N) is 1. The van der Waals surface area contributed by atoms with Crippen molar-refractivity contribution >= 4 is 12.3 Å². The molecule has 19 heavy (non-hydrogen) atoms. The van der Waals surface area contributed by atoms with Crippen molar-refractivity contribution in [3.05, 3.63) is 34.4 Å². The van der Waals surface area contributed by atoms with Gasteiger partial charge in [0, 0.05) is 11.1 Å². The van der Waals surface area contributed by atoms with Crippen LogP contribution in [0.5, 0.6) is 0 Å². The maximum absolute atomic E-state index is 12.9. The number of alkyl halides is 2. The van der Waals surface area contributed by atoms with Crippen LogP contribution in [0.4, 0.5) is 8.78 Å². The maximum atomic E-state index is 12.9. The van der Waals surface area contributed by atoms with Crippen molar-refractivity contribution in [1.82, 2.24) is 0 Å². The topological polar surface area (TPSA) is 67.2 Å². The molecule has 1 rings (SSSR count). The molecule has 0 heterocycles. The summed E-state index contributed by atoms with van der Waals surface area (Å²) in [5.74, 6) is -0.697. The molecule has 1 aromatic carbocycles. The van der Waals surface area contributed by atoms with E-state index in [0.29, 0.717) is 6.29 Å². The first-order chi connectivity index (χ1) is 9.03. The van der Waals surface area contributed by atoms with Crippen molar-refractivity contribution < 1.29 is 23.1 Å². The monoisotopic (exact) mass is 267 g/mol. The van der Waals surface area contributed by atoms with Crippen LogP contribution in [-0.4, -0.2) is 18.9 Å². The maximum Gasteiger partial charge on any atom is 0.310 e. The van der Waals surface area contributed by atoms with Gasteiger partial charge in [-0.2, -0.15) is 5.26 Å². The van der Waals surface area contributed by atoms with Crippen LogP contribution in [0.15, 0.2) is 12.1 Å². The zero-order valence-corrected chi connectivity index (χ0v) is 10.2. The Morgan fingerprint density at radius 3 is 2.68 bits per heavy atom. The Morgan fingerprint density at radius 1 is 1.53 bits per heavy atom. The predicted octanol–water partition coefficient (Wildman–Crippen LogP) is 2.41. The highest BCUT2D eigenvalue weighted by Gasteiger charge is 2.20. The van der Waals surface area contributed by atoms with Gasteiger partial charge in [-0.25, -0.2) is 8.78 Å². The summed E-state index contributed by atoms with van der Waals surface area (Å²) >= 11 is 0. The molecule has 0 saturated carbocycles. The predicted molar refractivity (Wildman–Crippen MR) is 61.8 cm³/mol. The van der Waals surface area contributed by atoms with Gasteiger partial charge in [-0.1, -0.05) is 0 Å². The number of carbonyl (C=O) groups excluding carboxylic acids is 2. The fourth-order valence-electron chi connectivity index (χ4n) is 1.64. The molecule has 100 valence electrons. The molecular weight excluding hydrogens is 256 g/mol. The van der Waals surface area contributed by atoms with Gasteiger partial charge in [0.15, 0.2) is 0 Å². The number of hydrogen-bond acceptors (Lipinski definition) is 4. The molecule has 0 spiro atoms. The number of carbonyl (C=O) groups is 2. The average Bonchev–Trinajstić information content (AvgIpc) is 2.38. The molecule has 0 radical (unpaired) electrons. The van der Waals surface area contributed by atoms with E-state index >= 15 is 0 Å². The van der Waals surface area contributed by atoms with E-state index in [-0.39, 0.29) is 23.3 Å². The smallest absolute Gasteiger partial charge is 0.310 e. The molecular formula is C13H11F2NO3. The van der Waals surface area contributed by atoms with E-state index in [1.54, 1.807) is 13.0 Å². The minimum atomic E-state index is -2.88. The average molecular weight is 267 g/mol. The van der Waals surface area contributed by atoms with E-state index < -0.39 is 24.4 Å². The first kappa shape index (κ1) is 14.8. The van der Waals surface area contributed by atoms with E-state index in [4.69, 9.17) is 5.26 Å². The number of benzene rings is 1. The molecule has 0 unspecified atom stereocenters. The second kappa shape index (κ2) is 6.59. The SMILES string of the molecule is CCOC(=O)Cc1c(C=O)cc(C#N)cc1C(F)F. The number of ether oxygens (including phenoxy) is 1. The molecule has 0 aliphatic heterocycles. The van der Waals surface area contributed by atoms with Gasteiger partial charge in [0.1, 0.15) is 6.29 Å². The van der Waals surface area contributed by atoms with Crippen LogP contribution in [0.25, 0.3) is 0 Å². The summed E-state index contributed by atoms with van der Waals surface area (Å²) in [6.07, 6.45) is -2.95. The molecule has 1 aromatic rings. The fraction of sp³-hybridized carbons (Fsp3) is 0.308. The number of aldehydes is 1. The van der Waals surface area contributed by atoms with Crippen molar-refractivity contribution in [2.45, 2.75) is 19.8 Å². The molecule has 0 amide bonds. The number of esters is 1. The lowest BCUT2D eigenvalue weighted by Crippen LogP contribution is -2.12. The summed E-state index contributed by atoms with van der Waals surface area (Å²) in [5, 5.41) is 8.72. The summed E-state index contributed by atoms with van der Waals surface area (Å²) in [7, 11) is 0. The van der Waals surface area contributed by atoms with Gasteiger partial charge in [-0.15, -0.1) is 0 Å². The van der Waals surface area contributed by atoms with Gasteiger partial charge in [0.25, 0.3) is 6.43 Å². The molecule has 0 atom stereocenters. The van der Waals surface area contributed by atoms with E-state index in [1.807, 2.05) is 0 Å². The third-order valence-corrected chi connectivity index (χ3v) is 2.44. The number of rotatable bonds is 5. The molecule has 0 bridgehead atoms. The Balaban J connectivity index is 3.30. The fourth-order valence-corrected chi connectivity index (χ4v) is 1.64. The summed E-state index contributed by atoms with van der Waals surface area (Å²) in [6.45, 7) is 1.71. The lowest BCUT2D eigenvalue weighted by atomic mass is 9.96. The summed E-state index contributed by atoms with van der Waals surface area (Å²) < 4.78 is 30.5. The number of nitriles is 1. The highest BCUT2D eigenvalue weighted by Crippen LogP contribution is 2.27. The molecule has 0 aliphatic rings. The molecule has 4 nitrogen and oxygen atoms in total. The van der Waals surface area contributed by atoms with Crippen LogP contribution in [0.3, 0.4) is 0 Å². The highest BCUT2D eigenvalue weighted by molar-refractivity contribution is 5.83. The van der Waals surface area contributed by atoms with Crippen LogP contribution < -0.4 is 0 Å². The van der Waals surface area contributed by atoms with Crippen molar-refractivity contribution in [3.63, 3.8) is 0 Å². The molecule has 6 heteroatoms. The van der Waals surface area contributed by atoms with Crippen molar-refractivity contribution in [2.75, 3.05) is 6.61 Å². The Bertz CT molecular complexity index is 535. The van der Waals surface area contributed by atoms with Crippen LogP contribution in [0.2, 0.25) is 0 Å². The Morgan fingerprint density at radius 2 is 2.21 bits per heavy atom. The Kier molecular flexibility index (Phi) is 5.12. The third-order valence-electron chi connectivity index (χ3n) is 2.44. The van der Waals surface area contributed by atoms with Crippen LogP contribution in [-0.2, 0) is 16.0 Å². The van der Waals surface area contributed by atoms with Gasteiger partial charge in [-0.3, -0.25) is 9.59 Å². The molecule has 0 N–H and O–H groups in total. The van der Waals surface area contributed by atoms with Gasteiger partial charge in [0.2, 0.25) is 0 Å². The first-order valence-electron chi connectivity index (χ1n) is 5.49. The summed E-state index contributed by atoms with van der Waals surface area (Å²) in [6, 6.07) is 3.85. The van der Waals surface area contributed by atoms with Gasteiger partial charge < -0.3 is 4.74 Å². The third kappa shape index (κ3) is 3.58. The molecule has 0 aliphatic carbocycles. The Labute approximate surface area is 108 Å². The number of halogens is 2. The van der Waals surface area contributed by atoms with Gasteiger partial charge in [-0.05, 0) is 24.6 Å². The highest BCUT2D eigenvalue weighted by atomic mass is 19.3. The van der Waals surface area contributed by atoms with Crippen molar-refractivity contribution in [1.29, 1.82) is 5.26 Å². The largest absolute Gasteiger partial charge is 0.466 e. The minimum Gasteiger partial charge on any atom is -0.466 e. The van der Waals surface area contributed by atoms with E-state index in [9.17, 15) is 18.4 Å². The Hall–Kier alpha value is -2.29. The second-order valence-electron chi connectivity index (χ2n) is 3.65. The van der Waals surface area contributed by atoms with E-state index in [2.05, 4.69) is 4.74 Å². The quantitative estimate of drug-likeness (QED) is 0.607. The zero-order chi connectivity index (χ0) is 14.4. The molecule has 0 fully saturated rings. The van der Waals surface area contributed by atoms with E-state index in [0.717, 1.165) is 6.07 Å². The van der Waals surface area contributed by atoms with Crippen LogP contribution in [0, 0.1) is 11.3 Å². The first-order valence-corrected chi connectivity index (χ1v) is 5.49. The standard InChI is InChI=1S/C13H11F2NO3/c1-2-19-12(18)5-10-9(7-17)3-8(6-16)4-11(10)13(14)15/h3-4,7,13H,2,5H2,1H3. The second-order valence-corrected chi connectivity index (χ2v) is 3.65. The summed E-state index contributed by atoms with van der Waals surface area (Å²) in [4.78, 5) is 22.3. The zero-order valence-electron chi connectivity index (χ0n) is 10.2. The lowest BCUT2D eigenvalue weighted by Gasteiger charge is -2.11. The molecule has 0 saturated heterocycles. The normalized spacial score (nSPS) is 10.1. The van der Waals surface area contributed by atoms with Crippen molar-refractivity contribution in [2.24, 2.45) is 0 Å². The minimum absolute atomic E-state index is 0.0509. The lowest BCUT2D eigenvalue weighted by molar-refractivity contribution is -0.142. The van der Waals surface area contributed by atoms with Crippen molar-refractivity contribution in [3.8, 4) is 6.07 Å². The number of hydrogen-bond donors (Lipinski definition) is 0. The molecule has 0 aromatic heterocycles. The van der Waals surface area contributed by atoms with Crippen LogP contribution >= 0.6 is 0 Å². The summed E-state index contributed by atoms with van der Waals surface area (Å²) in [5.41, 5.74) is -0.732. The van der Waals surface area contributed by atoms with Gasteiger partial charge in [0.05, 0.1) is 24.7 Å². The van der Waals surface area contributed by atoms with Gasteiger partial charge >= 0.3 is 5.97 Å². The van der Waals surface area contributed by atoms with E-state index in [1.165, 1.54) is 6.07 Å².